The molecule has 1 aliphatic carbocycles. The van der Waals surface area contributed by atoms with Gasteiger partial charge in [-0.2, -0.15) is 18.3 Å². The van der Waals surface area contributed by atoms with Crippen molar-refractivity contribution in [2.45, 2.75) is 37.9 Å². The molecule has 5 nitrogen and oxygen atoms in total. The molecule has 1 saturated carbocycles. The second kappa shape index (κ2) is 9.80. The highest BCUT2D eigenvalue weighted by molar-refractivity contribution is 6.32. The largest absolute Gasteiger partial charge is 0.436 e. The molecule has 1 aliphatic rings. The number of ketones is 1. The van der Waals surface area contributed by atoms with E-state index in [1.54, 1.807) is 48.5 Å². The third kappa shape index (κ3) is 5.28. The first-order valence-corrected chi connectivity index (χ1v) is 11.4. The number of amides is 1. The fourth-order valence-corrected chi connectivity index (χ4v) is 4.24. The number of aryl methyl sites for hydroxylation is 1. The van der Waals surface area contributed by atoms with Gasteiger partial charge in [0.15, 0.2) is 11.5 Å². The maximum atomic E-state index is 13.2. The van der Waals surface area contributed by atoms with Gasteiger partial charge in [-0.3, -0.25) is 14.3 Å². The summed E-state index contributed by atoms with van der Waals surface area (Å²) in [6.07, 6.45) is -2.73. The average molecular weight is 510 g/mol. The van der Waals surface area contributed by atoms with Crippen LogP contribution in [0.2, 0.25) is 10.0 Å². The van der Waals surface area contributed by atoms with Crippen LogP contribution >= 0.6 is 23.2 Å². The molecule has 10 heteroatoms. The van der Waals surface area contributed by atoms with Gasteiger partial charge in [0.2, 0.25) is 0 Å². The molecule has 0 aliphatic heterocycles. The predicted molar refractivity (Wildman–Crippen MR) is 122 cm³/mol. The molecule has 0 bridgehead atoms. The number of halogens is 5. The lowest BCUT2D eigenvalue weighted by Gasteiger charge is -2.11. The summed E-state index contributed by atoms with van der Waals surface area (Å²) in [5.41, 5.74) is 0.178. The second-order valence-electron chi connectivity index (χ2n) is 8.03. The number of carbonyl (C=O) groups excluding carboxylic acids is 2. The molecule has 0 atom stereocenters. The summed E-state index contributed by atoms with van der Waals surface area (Å²) in [4.78, 5) is 25.6. The van der Waals surface area contributed by atoms with Gasteiger partial charge in [-0.1, -0.05) is 41.4 Å². The lowest BCUT2D eigenvalue weighted by Crippen LogP contribution is -2.27. The highest BCUT2D eigenvalue weighted by Gasteiger charge is 2.41. The Morgan fingerprint density at radius 2 is 1.68 bits per heavy atom. The van der Waals surface area contributed by atoms with Crippen LogP contribution in [0.15, 0.2) is 48.5 Å². The van der Waals surface area contributed by atoms with E-state index in [0.717, 1.165) is 12.8 Å². The number of hydrogen-bond acceptors (Lipinski definition) is 3. The highest BCUT2D eigenvalue weighted by Crippen LogP contribution is 2.46. The minimum atomic E-state index is -4.62. The van der Waals surface area contributed by atoms with E-state index in [4.69, 9.17) is 23.2 Å². The molecular weight excluding hydrogens is 490 g/mol. The average Bonchev–Trinajstić information content (AvgIpc) is 3.58. The van der Waals surface area contributed by atoms with E-state index in [-0.39, 0.29) is 40.9 Å². The Morgan fingerprint density at radius 3 is 2.29 bits per heavy atom. The smallest absolute Gasteiger partial charge is 0.352 e. The number of aromatic nitrogens is 2. The van der Waals surface area contributed by atoms with Crippen molar-refractivity contribution in [1.82, 2.24) is 15.1 Å². The van der Waals surface area contributed by atoms with Crippen molar-refractivity contribution in [3.63, 3.8) is 0 Å². The van der Waals surface area contributed by atoms with Gasteiger partial charge in [0, 0.05) is 35.2 Å². The first kappa shape index (κ1) is 24.3. The number of alkyl halides is 3. The molecule has 4 rings (SSSR count). The minimum absolute atomic E-state index is 0.0172. The molecule has 1 amide bonds. The summed E-state index contributed by atoms with van der Waals surface area (Å²) < 4.78 is 40.9. The van der Waals surface area contributed by atoms with Crippen LogP contribution in [0.4, 0.5) is 13.2 Å². The van der Waals surface area contributed by atoms with Crippen molar-refractivity contribution in [1.29, 1.82) is 0 Å². The van der Waals surface area contributed by atoms with E-state index < -0.39 is 17.8 Å². The molecule has 0 spiro atoms. The molecule has 34 heavy (non-hydrogen) atoms. The quantitative estimate of drug-likeness (QED) is 0.293. The van der Waals surface area contributed by atoms with Crippen molar-refractivity contribution in [3.8, 4) is 0 Å². The normalized spacial score (nSPS) is 13.7. The first-order valence-electron chi connectivity index (χ1n) is 10.7. The van der Waals surface area contributed by atoms with Crippen LogP contribution in [0.25, 0.3) is 0 Å². The molecule has 0 unspecified atom stereocenters. The Balaban J connectivity index is 1.41. The summed E-state index contributed by atoms with van der Waals surface area (Å²) in [7, 11) is 0. The van der Waals surface area contributed by atoms with E-state index in [2.05, 4.69) is 10.4 Å². The monoisotopic (exact) mass is 509 g/mol. The van der Waals surface area contributed by atoms with Gasteiger partial charge in [0.05, 0.1) is 16.3 Å². The van der Waals surface area contributed by atoms with Crippen molar-refractivity contribution in [2.75, 3.05) is 6.54 Å². The second-order valence-corrected chi connectivity index (χ2v) is 8.85. The van der Waals surface area contributed by atoms with Crippen LogP contribution in [0.3, 0.4) is 0 Å². The number of hydrogen-bond donors (Lipinski definition) is 1. The zero-order chi connectivity index (χ0) is 24.5. The maximum absolute atomic E-state index is 13.2. The summed E-state index contributed by atoms with van der Waals surface area (Å²) in [5.74, 6) is -0.784. The van der Waals surface area contributed by atoms with Crippen molar-refractivity contribution in [2.24, 2.45) is 0 Å². The first-order chi connectivity index (χ1) is 16.2. The molecule has 0 radical (unpaired) electrons. The number of nitrogens with one attached hydrogen (secondary N) is 1. The zero-order valence-corrected chi connectivity index (χ0v) is 19.3. The Bertz CT molecular complexity index is 1220. The third-order valence-corrected chi connectivity index (χ3v) is 6.14. The molecule has 1 fully saturated rings. The summed E-state index contributed by atoms with van der Waals surface area (Å²) >= 11 is 11.9. The number of benzene rings is 2. The van der Waals surface area contributed by atoms with Gasteiger partial charge in [-0.25, -0.2) is 0 Å². The van der Waals surface area contributed by atoms with Crippen LogP contribution in [-0.4, -0.2) is 28.0 Å². The predicted octanol–water partition coefficient (Wildman–Crippen LogP) is 6.14. The van der Waals surface area contributed by atoms with E-state index in [9.17, 15) is 22.8 Å². The van der Waals surface area contributed by atoms with E-state index in [1.807, 2.05) is 0 Å². The van der Waals surface area contributed by atoms with Crippen molar-refractivity contribution in [3.05, 3.63) is 86.7 Å². The molecule has 1 heterocycles. The molecule has 3 aromatic rings. The van der Waals surface area contributed by atoms with Gasteiger partial charge >= 0.3 is 6.18 Å². The molecule has 1 aromatic heterocycles. The lowest BCUT2D eigenvalue weighted by atomic mass is 9.98. The molecule has 178 valence electrons. The van der Waals surface area contributed by atoms with Crippen LogP contribution in [-0.2, 0) is 12.7 Å². The van der Waals surface area contributed by atoms with Gasteiger partial charge < -0.3 is 5.32 Å². The zero-order valence-electron chi connectivity index (χ0n) is 17.8. The summed E-state index contributed by atoms with van der Waals surface area (Å²) in [6, 6.07) is 12.8. The fraction of sp³-hybridized carbons (Fsp3) is 0.292. The maximum Gasteiger partial charge on any atom is 0.436 e. The Kier molecular flexibility index (Phi) is 7.00. The standard InChI is InChI=1S/C24H20Cl2F3N3O2/c25-16-10-8-15(9-11-16)21(33)17-4-1-2-5-18(17)23(34)30-12-3-13-32-20(14-6-7-14)19(26)22(31-32)24(27,28)29/h1-2,4-5,8-11,14H,3,6-7,12-13H2,(H,30,34). The van der Waals surface area contributed by atoms with E-state index in [1.165, 1.54) is 4.68 Å². The van der Waals surface area contributed by atoms with E-state index >= 15 is 0 Å². The van der Waals surface area contributed by atoms with Gasteiger partial charge in [0.1, 0.15) is 0 Å². The molecule has 0 saturated heterocycles. The fourth-order valence-electron chi connectivity index (χ4n) is 3.71. The lowest BCUT2D eigenvalue weighted by molar-refractivity contribution is -0.141. The highest BCUT2D eigenvalue weighted by atomic mass is 35.5. The van der Waals surface area contributed by atoms with Crippen LogP contribution < -0.4 is 5.32 Å². The SMILES string of the molecule is O=C(NCCCn1nc(C(F)(F)F)c(Cl)c1C1CC1)c1ccccc1C(=O)c1ccc(Cl)cc1. The minimum Gasteiger partial charge on any atom is -0.352 e. The van der Waals surface area contributed by atoms with Crippen LogP contribution in [0.1, 0.15) is 62.8 Å². The summed E-state index contributed by atoms with van der Waals surface area (Å²) in [6.45, 7) is 0.360. The van der Waals surface area contributed by atoms with Crippen LogP contribution in [0, 0.1) is 0 Å². The van der Waals surface area contributed by atoms with Crippen LogP contribution in [0.5, 0.6) is 0 Å². The van der Waals surface area contributed by atoms with Gasteiger partial charge in [-0.05, 0) is 49.6 Å². The Labute approximate surface area is 203 Å². The Hall–Kier alpha value is -2.84. The molecular formula is C24H20Cl2F3N3O2. The van der Waals surface area contributed by atoms with Crippen molar-refractivity contribution >= 4 is 34.9 Å². The van der Waals surface area contributed by atoms with Gasteiger partial charge in [-0.15, -0.1) is 0 Å². The number of carbonyl (C=O) groups is 2. The van der Waals surface area contributed by atoms with E-state index in [0.29, 0.717) is 22.7 Å². The third-order valence-electron chi connectivity index (χ3n) is 5.52. The Morgan fingerprint density at radius 1 is 1.03 bits per heavy atom. The van der Waals surface area contributed by atoms with Gasteiger partial charge in [0.25, 0.3) is 5.91 Å². The molecule has 2 aromatic carbocycles. The summed E-state index contributed by atoms with van der Waals surface area (Å²) in [5, 5.41) is 6.57. The van der Waals surface area contributed by atoms with Crippen molar-refractivity contribution < 1.29 is 22.8 Å². The molecule has 1 N–H and O–H groups in total. The topological polar surface area (TPSA) is 64.0 Å². The number of rotatable bonds is 8. The number of nitrogens with zero attached hydrogens (tertiary/aromatic N) is 2.